The summed E-state index contributed by atoms with van der Waals surface area (Å²) in [5.41, 5.74) is 4.16. The fourth-order valence-electron chi connectivity index (χ4n) is 2.46. The first-order valence-corrected chi connectivity index (χ1v) is 7.14. The van der Waals surface area contributed by atoms with E-state index in [2.05, 4.69) is 0 Å². The number of hydrogen-bond acceptors (Lipinski definition) is 2. The van der Waals surface area contributed by atoms with Crippen molar-refractivity contribution in [3.63, 3.8) is 0 Å². The molecule has 114 valence electrons. The number of nitrogen functional groups attached to an aromatic ring is 1. The molecule has 2 N–H and O–H groups in total. The number of nitrogens with two attached hydrogens (primary N) is 1. The highest BCUT2D eigenvalue weighted by atomic mass is 19.4. The number of halogens is 3. The number of hydrogen-bond donors (Lipinski definition) is 1. The molecule has 3 nitrogen and oxygen atoms in total. The van der Waals surface area contributed by atoms with Crippen molar-refractivity contribution in [1.29, 1.82) is 0 Å². The monoisotopic (exact) mass is 298 g/mol. The molecule has 6 heteroatoms. The van der Waals surface area contributed by atoms with Crippen LogP contribution in [-0.2, 0) is 6.18 Å². The third kappa shape index (κ3) is 3.14. The average Bonchev–Trinajstić information content (AvgIpc) is 3.26. The lowest BCUT2D eigenvalue weighted by Gasteiger charge is -2.23. The standard InChI is InChI=1S/C15H17F3N2O/c16-15(17,18)12-7-10(3-6-13(12)19)14(21)20(11-4-5-11)8-9-1-2-9/h3,6-7,9,11H,1-2,4-5,8,19H2. The summed E-state index contributed by atoms with van der Waals surface area (Å²) >= 11 is 0. The molecule has 2 aliphatic carbocycles. The lowest BCUT2D eigenvalue weighted by atomic mass is 10.1. The highest BCUT2D eigenvalue weighted by molar-refractivity contribution is 5.95. The van der Waals surface area contributed by atoms with Gasteiger partial charge >= 0.3 is 6.18 Å². The number of nitrogens with zero attached hydrogens (tertiary/aromatic N) is 1. The minimum absolute atomic E-state index is 0.0732. The summed E-state index contributed by atoms with van der Waals surface area (Å²) in [5, 5.41) is 0. The molecule has 2 fully saturated rings. The summed E-state index contributed by atoms with van der Waals surface area (Å²) in [6.07, 6.45) is -0.446. The van der Waals surface area contributed by atoms with Gasteiger partial charge in [0, 0.05) is 23.8 Å². The summed E-state index contributed by atoms with van der Waals surface area (Å²) < 4.78 is 38.6. The van der Waals surface area contributed by atoms with Crippen molar-refractivity contribution >= 4 is 11.6 Å². The summed E-state index contributed by atoms with van der Waals surface area (Å²) in [5.74, 6) is 0.209. The van der Waals surface area contributed by atoms with E-state index < -0.39 is 11.7 Å². The predicted octanol–water partition coefficient (Wildman–Crippen LogP) is 3.30. The highest BCUT2D eigenvalue weighted by Gasteiger charge is 2.38. The second kappa shape index (κ2) is 4.93. The summed E-state index contributed by atoms with van der Waals surface area (Å²) in [7, 11) is 0. The van der Waals surface area contributed by atoms with Gasteiger partial charge in [0.05, 0.1) is 5.56 Å². The minimum Gasteiger partial charge on any atom is -0.398 e. The first kappa shape index (κ1) is 14.2. The van der Waals surface area contributed by atoms with Gasteiger partial charge in [-0.3, -0.25) is 4.79 Å². The van der Waals surface area contributed by atoms with Crippen LogP contribution in [0.4, 0.5) is 18.9 Å². The molecular weight excluding hydrogens is 281 g/mol. The van der Waals surface area contributed by atoms with Crippen LogP contribution in [-0.4, -0.2) is 23.4 Å². The number of amides is 1. The highest BCUT2D eigenvalue weighted by Crippen LogP contribution is 2.37. The average molecular weight is 298 g/mol. The van der Waals surface area contributed by atoms with Gasteiger partial charge in [-0.25, -0.2) is 0 Å². The van der Waals surface area contributed by atoms with Crippen molar-refractivity contribution in [2.75, 3.05) is 12.3 Å². The predicted molar refractivity (Wildman–Crippen MR) is 72.6 cm³/mol. The number of benzene rings is 1. The van der Waals surface area contributed by atoms with Crippen LogP contribution < -0.4 is 5.73 Å². The molecule has 3 rings (SSSR count). The van der Waals surface area contributed by atoms with Crippen LogP contribution in [0.25, 0.3) is 0 Å². The van der Waals surface area contributed by atoms with E-state index in [1.54, 1.807) is 4.90 Å². The number of rotatable bonds is 4. The van der Waals surface area contributed by atoms with Crippen LogP contribution in [0.1, 0.15) is 41.6 Å². The number of carbonyl (C=O) groups is 1. The molecule has 0 aliphatic heterocycles. The fraction of sp³-hybridized carbons (Fsp3) is 0.533. The molecule has 0 spiro atoms. The van der Waals surface area contributed by atoms with Gasteiger partial charge < -0.3 is 10.6 Å². The zero-order valence-electron chi connectivity index (χ0n) is 11.5. The molecule has 2 saturated carbocycles. The Hall–Kier alpha value is -1.72. The molecule has 0 unspecified atom stereocenters. The first-order valence-electron chi connectivity index (χ1n) is 7.14. The lowest BCUT2D eigenvalue weighted by Crippen LogP contribution is -2.35. The molecule has 21 heavy (non-hydrogen) atoms. The van der Waals surface area contributed by atoms with Gasteiger partial charge in [0.2, 0.25) is 0 Å². The zero-order valence-corrected chi connectivity index (χ0v) is 11.5. The van der Waals surface area contributed by atoms with E-state index in [4.69, 9.17) is 5.73 Å². The van der Waals surface area contributed by atoms with Gasteiger partial charge in [-0.05, 0) is 49.8 Å². The van der Waals surface area contributed by atoms with Gasteiger partial charge in [-0.1, -0.05) is 0 Å². The van der Waals surface area contributed by atoms with E-state index in [1.165, 1.54) is 6.07 Å². The largest absolute Gasteiger partial charge is 0.418 e. The van der Waals surface area contributed by atoms with Crippen LogP contribution in [0, 0.1) is 5.92 Å². The molecule has 0 bridgehead atoms. The van der Waals surface area contributed by atoms with Gasteiger partial charge in [0.25, 0.3) is 5.91 Å². The topological polar surface area (TPSA) is 46.3 Å². The van der Waals surface area contributed by atoms with E-state index in [0.29, 0.717) is 12.5 Å². The van der Waals surface area contributed by atoms with Crippen LogP contribution in [0.5, 0.6) is 0 Å². The third-order valence-corrected chi connectivity index (χ3v) is 4.01. The van der Waals surface area contributed by atoms with Gasteiger partial charge in [0.1, 0.15) is 0 Å². The molecule has 0 heterocycles. The third-order valence-electron chi connectivity index (χ3n) is 4.01. The van der Waals surface area contributed by atoms with Crippen molar-refractivity contribution < 1.29 is 18.0 Å². The molecule has 0 radical (unpaired) electrons. The molecule has 2 aliphatic rings. The van der Waals surface area contributed by atoms with Crippen molar-refractivity contribution in [3.05, 3.63) is 29.3 Å². The molecule has 1 aromatic carbocycles. The van der Waals surface area contributed by atoms with Crippen molar-refractivity contribution in [2.45, 2.75) is 37.9 Å². The van der Waals surface area contributed by atoms with Gasteiger partial charge in [0.15, 0.2) is 0 Å². The molecule has 0 saturated heterocycles. The van der Waals surface area contributed by atoms with Crippen LogP contribution in [0.3, 0.4) is 0 Å². The second-order valence-corrected chi connectivity index (χ2v) is 5.93. The Bertz CT molecular complexity index is 563. The normalized spacial score (nSPS) is 18.6. The molecule has 1 aromatic rings. The summed E-state index contributed by atoms with van der Waals surface area (Å²) in [6, 6.07) is 3.62. The Balaban J connectivity index is 1.85. The minimum atomic E-state index is -4.54. The second-order valence-electron chi connectivity index (χ2n) is 5.93. The van der Waals surface area contributed by atoms with Crippen molar-refractivity contribution in [1.82, 2.24) is 4.90 Å². The molecule has 0 atom stereocenters. The Labute approximate surface area is 120 Å². The molecular formula is C15H17F3N2O. The van der Waals surface area contributed by atoms with Crippen LogP contribution in [0.2, 0.25) is 0 Å². The van der Waals surface area contributed by atoms with Crippen molar-refractivity contribution in [2.24, 2.45) is 5.92 Å². The van der Waals surface area contributed by atoms with E-state index in [9.17, 15) is 18.0 Å². The maximum Gasteiger partial charge on any atom is 0.418 e. The maximum absolute atomic E-state index is 12.9. The number of carbonyl (C=O) groups excluding carboxylic acids is 1. The van der Waals surface area contributed by atoms with Crippen LogP contribution >= 0.6 is 0 Å². The fourth-order valence-corrected chi connectivity index (χ4v) is 2.46. The summed E-state index contributed by atoms with van der Waals surface area (Å²) in [4.78, 5) is 14.2. The Kier molecular flexibility index (Phi) is 3.34. The van der Waals surface area contributed by atoms with Crippen LogP contribution in [0.15, 0.2) is 18.2 Å². The lowest BCUT2D eigenvalue weighted by molar-refractivity contribution is -0.136. The summed E-state index contributed by atoms with van der Waals surface area (Å²) in [6.45, 7) is 0.662. The van der Waals surface area contributed by atoms with Gasteiger partial charge in [-0.2, -0.15) is 13.2 Å². The van der Waals surface area contributed by atoms with E-state index in [0.717, 1.165) is 37.8 Å². The molecule has 1 amide bonds. The maximum atomic E-state index is 12.9. The zero-order chi connectivity index (χ0) is 15.2. The number of anilines is 1. The Morgan fingerprint density at radius 1 is 1.24 bits per heavy atom. The smallest absolute Gasteiger partial charge is 0.398 e. The quantitative estimate of drug-likeness (QED) is 0.867. The van der Waals surface area contributed by atoms with E-state index >= 15 is 0 Å². The van der Waals surface area contributed by atoms with Crippen molar-refractivity contribution in [3.8, 4) is 0 Å². The Morgan fingerprint density at radius 3 is 2.43 bits per heavy atom. The van der Waals surface area contributed by atoms with E-state index in [1.807, 2.05) is 0 Å². The first-order chi connectivity index (χ1) is 9.86. The van der Waals surface area contributed by atoms with Gasteiger partial charge in [-0.15, -0.1) is 0 Å². The number of alkyl halides is 3. The van der Waals surface area contributed by atoms with E-state index in [-0.39, 0.29) is 23.2 Å². The Morgan fingerprint density at radius 2 is 1.90 bits per heavy atom. The SMILES string of the molecule is Nc1ccc(C(=O)N(CC2CC2)C2CC2)cc1C(F)(F)F. The molecule has 0 aromatic heterocycles.